The average Bonchev–Trinajstić information content (AvgIpc) is 3.39. The van der Waals surface area contributed by atoms with Crippen LogP contribution in [-0.4, -0.2) is 59.1 Å². The predicted octanol–water partition coefficient (Wildman–Crippen LogP) is 2.47. The number of rotatable bonds is 6. The second kappa shape index (κ2) is 7.23. The summed E-state index contributed by atoms with van der Waals surface area (Å²) in [5.74, 6) is 3.76. The average molecular weight is 356 g/mol. The third-order valence-electron chi connectivity index (χ3n) is 5.28. The van der Waals surface area contributed by atoms with Gasteiger partial charge in [0.1, 0.15) is 23.7 Å². The topological polar surface area (TPSA) is 61.5 Å². The predicted molar refractivity (Wildman–Crippen MR) is 101 cm³/mol. The summed E-state index contributed by atoms with van der Waals surface area (Å²) in [6, 6.07) is 3.32. The molecule has 2 fully saturated rings. The Balaban J connectivity index is 1.42. The molecule has 3 heterocycles. The van der Waals surface area contributed by atoms with Crippen molar-refractivity contribution in [2.75, 3.05) is 37.0 Å². The van der Waals surface area contributed by atoms with Gasteiger partial charge in [0.2, 0.25) is 5.89 Å². The summed E-state index contributed by atoms with van der Waals surface area (Å²) in [5, 5.41) is 0. The minimum atomic E-state index is 0.551. The third kappa shape index (κ3) is 3.82. The highest BCUT2D eigenvalue weighted by atomic mass is 16.4. The Morgan fingerprint density at radius 1 is 1.04 bits per heavy atom. The highest BCUT2D eigenvalue weighted by Crippen LogP contribution is 2.36. The van der Waals surface area contributed by atoms with Crippen LogP contribution < -0.4 is 9.80 Å². The maximum absolute atomic E-state index is 5.63. The molecule has 26 heavy (non-hydrogen) atoms. The monoisotopic (exact) mass is 356 g/mol. The van der Waals surface area contributed by atoms with Gasteiger partial charge in [0.15, 0.2) is 0 Å². The largest absolute Gasteiger partial charge is 0.445 e. The minimum Gasteiger partial charge on any atom is -0.445 e. The zero-order valence-electron chi connectivity index (χ0n) is 15.9. The van der Waals surface area contributed by atoms with Crippen LogP contribution in [-0.2, 0) is 6.54 Å². The quantitative estimate of drug-likeness (QED) is 0.788. The van der Waals surface area contributed by atoms with Gasteiger partial charge in [-0.15, -0.1) is 0 Å². The van der Waals surface area contributed by atoms with Crippen LogP contribution in [0.1, 0.15) is 37.3 Å². The summed E-state index contributed by atoms with van der Waals surface area (Å²) in [6.45, 7) is 4.89. The van der Waals surface area contributed by atoms with E-state index in [4.69, 9.17) is 4.42 Å². The smallest absolute Gasteiger partial charge is 0.208 e. The van der Waals surface area contributed by atoms with Gasteiger partial charge in [-0.2, -0.15) is 0 Å². The molecule has 140 valence electrons. The number of oxazole rings is 1. The first-order valence-electron chi connectivity index (χ1n) is 9.51. The van der Waals surface area contributed by atoms with E-state index in [9.17, 15) is 0 Å². The summed E-state index contributed by atoms with van der Waals surface area (Å²) in [7, 11) is 4.05. The fraction of sp³-hybridized carbons (Fsp3) is 0.632. The Labute approximate surface area is 155 Å². The second-order valence-electron chi connectivity index (χ2n) is 7.64. The van der Waals surface area contributed by atoms with Crippen molar-refractivity contribution in [3.63, 3.8) is 0 Å². The van der Waals surface area contributed by atoms with E-state index in [0.717, 1.165) is 55.8 Å². The lowest BCUT2D eigenvalue weighted by Gasteiger charge is -2.39. The van der Waals surface area contributed by atoms with Crippen molar-refractivity contribution < 1.29 is 4.42 Å². The molecule has 0 spiro atoms. The molecule has 1 aliphatic heterocycles. The molecule has 7 nitrogen and oxygen atoms in total. The van der Waals surface area contributed by atoms with Gasteiger partial charge in [-0.3, -0.25) is 4.90 Å². The molecule has 1 aliphatic carbocycles. The van der Waals surface area contributed by atoms with E-state index in [1.807, 2.05) is 25.9 Å². The first-order valence-corrected chi connectivity index (χ1v) is 9.51. The highest BCUT2D eigenvalue weighted by molar-refractivity contribution is 5.51. The van der Waals surface area contributed by atoms with Gasteiger partial charge in [-0.05, 0) is 32.6 Å². The lowest BCUT2D eigenvalue weighted by Crippen LogP contribution is -2.46. The number of aromatic nitrogens is 3. The van der Waals surface area contributed by atoms with Crippen LogP contribution in [0.25, 0.3) is 0 Å². The standard InChI is InChI=1S/C19H28N6O/c1-14-11-20-19(26-14)12-24-8-6-16(7-9-24)25(15-4-5-15)18-10-17(23(2)3)21-13-22-18/h10-11,13,15-16H,4-9,12H2,1-3H3. The number of likely N-dealkylation sites (tertiary alicyclic amines) is 1. The first-order chi connectivity index (χ1) is 12.6. The number of hydrogen-bond donors (Lipinski definition) is 0. The third-order valence-corrected chi connectivity index (χ3v) is 5.28. The van der Waals surface area contributed by atoms with Crippen molar-refractivity contribution in [1.82, 2.24) is 19.9 Å². The lowest BCUT2D eigenvalue weighted by atomic mass is 10.0. The molecule has 0 radical (unpaired) electrons. The van der Waals surface area contributed by atoms with Crippen molar-refractivity contribution in [3.05, 3.63) is 30.2 Å². The molecular formula is C19H28N6O. The number of nitrogens with zero attached hydrogens (tertiary/aromatic N) is 6. The van der Waals surface area contributed by atoms with Crippen LogP contribution in [0.5, 0.6) is 0 Å². The molecule has 0 N–H and O–H groups in total. The van der Waals surface area contributed by atoms with E-state index in [-0.39, 0.29) is 0 Å². The molecule has 2 aliphatic rings. The van der Waals surface area contributed by atoms with Crippen molar-refractivity contribution in [3.8, 4) is 0 Å². The van der Waals surface area contributed by atoms with E-state index >= 15 is 0 Å². The molecular weight excluding hydrogens is 328 g/mol. The second-order valence-corrected chi connectivity index (χ2v) is 7.64. The highest BCUT2D eigenvalue weighted by Gasteiger charge is 2.36. The summed E-state index contributed by atoms with van der Waals surface area (Å²) in [4.78, 5) is 20.3. The number of hydrogen-bond acceptors (Lipinski definition) is 7. The Bertz CT molecular complexity index is 733. The molecule has 2 aromatic rings. The molecule has 1 saturated carbocycles. The maximum atomic E-state index is 5.63. The molecule has 0 bridgehead atoms. The maximum Gasteiger partial charge on any atom is 0.208 e. The summed E-state index contributed by atoms with van der Waals surface area (Å²) < 4.78 is 5.63. The van der Waals surface area contributed by atoms with E-state index < -0.39 is 0 Å². The molecule has 1 saturated heterocycles. The molecule has 0 atom stereocenters. The molecule has 4 rings (SSSR count). The van der Waals surface area contributed by atoms with Crippen molar-refractivity contribution in [1.29, 1.82) is 0 Å². The summed E-state index contributed by atoms with van der Waals surface area (Å²) in [6.07, 6.45) is 8.34. The summed E-state index contributed by atoms with van der Waals surface area (Å²) in [5.41, 5.74) is 0. The van der Waals surface area contributed by atoms with Crippen LogP contribution in [0, 0.1) is 6.92 Å². The fourth-order valence-electron chi connectivity index (χ4n) is 3.77. The van der Waals surface area contributed by atoms with Gasteiger partial charge in [0.25, 0.3) is 0 Å². The van der Waals surface area contributed by atoms with E-state index in [0.29, 0.717) is 12.1 Å². The van der Waals surface area contributed by atoms with Crippen LogP contribution in [0.3, 0.4) is 0 Å². The van der Waals surface area contributed by atoms with Crippen LogP contribution >= 0.6 is 0 Å². The molecule has 0 amide bonds. The van der Waals surface area contributed by atoms with Gasteiger partial charge >= 0.3 is 0 Å². The molecule has 0 unspecified atom stereocenters. The van der Waals surface area contributed by atoms with Gasteiger partial charge in [0, 0.05) is 45.3 Å². The van der Waals surface area contributed by atoms with E-state index in [2.05, 4.69) is 30.8 Å². The number of anilines is 2. The van der Waals surface area contributed by atoms with Gasteiger partial charge in [0.05, 0.1) is 12.7 Å². The first kappa shape index (κ1) is 17.3. The normalized spacial score (nSPS) is 18.9. The Morgan fingerprint density at radius 2 is 1.73 bits per heavy atom. The zero-order valence-corrected chi connectivity index (χ0v) is 15.9. The zero-order chi connectivity index (χ0) is 18.1. The number of aryl methyl sites for hydroxylation is 1. The Morgan fingerprint density at radius 3 is 2.35 bits per heavy atom. The lowest BCUT2D eigenvalue weighted by molar-refractivity contribution is 0.183. The van der Waals surface area contributed by atoms with Gasteiger partial charge in [-0.25, -0.2) is 15.0 Å². The van der Waals surface area contributed by atoms with E-state index in [1.165, 1.54) is 12.8 Å². The van der Waals surface area contributed by atoms with Crippen LogP contribution in [0.2, 0.25) is 0 Å². The fourth-order valence-corrected chi connectivity index (χ4v) is 3.77. The van der Waals surface area contributed by atoms with Crippen molar-refractivity contribution in [2.24, 2.45) is 0 Å². The summed E-state index contributed by atoms with van der Waals surface area (Å²) >= 11 is 0. The van der Waals surface area contributed by atoms with Crippen molar-refractivity contribution in [2.45, 2.75) is 51.2 Å². The Hall–Kier alpha value is -2.15. The molecule has 2 aromatic heterocycles. The van der Waals surface area contributed by atoms with Gasteiger partial charge < -0.3 is 14.2 Å². The van der Waals surface area contributed by atoms with Gasteiger partial charge in [-0.1, -0.05) is 0 Å². The number of piperidine rings is 1. The van der Waals surface area contributed by atoms with Crippen LogP contribution in [0.15, 0.2) is 23.0 Å². The molecule has 7 heteroatoms. The molecule has 0 aromatic carbocycles. The van der Waals surface area contributed by atoms with Crippen molar-refractivity contribution >= 4 is 11.6 Å². The van der Waals surface area contributed by atoms with E-state index in [1.54, 1.807) is 12.5 Å². The SMILES string of the molecule is Cc1cnc(CN2CCC(N(c3cc(N(C)C)ncn3)C3CC3)CC2)o1. The van der Waals surface area contributed by atoms with Crippen LogP contribution in [0.4, 0.5) is 11.6 Å². The Kier molecular flexibility index (Phi) is 4.80. The minimum absolute atomic E-state index is 0.551.